The molecule has 0 heterocycles. The van der Waals surface area contributed by atoms with Gasteiger partial charge < -0.3 is 0 Å². The molecule has 10 heavy (non-hydrogen) atoms. The Morgan fingerprint density at radius 2 is 1.70 bits per heavy atom. The fraction of sp³-hybridized carbons (Fsp3) is 1.00. The molecule has 0 saturated carbocycles. The second kappa shape index (κ2) is 3.39. The molecule has 0 spiro atoms. The molecule has 0 fully saturated rings. The van der Waals surface area contributed by atoms with Crippen molar-refractivity contribution in [1.29, 1.82) is 0 Å². The first-order chi connectivity index (χ1) is 4.37. The normalized spacial score (nSPS) is 13.8. The van der Waals surface area contributed by atoms with Crippen LogP contribution in [-0.4, -0.2) is 34.4 Å². The zero-order chi connectivity index (χ0) is 8.41. The molecule has 0 N–H and O–H groups in total. The maximum absolute atomic E-state index is 12.5. The quantitative estimate of drug-likeness (QED) is 0.458. The Bertz CT molecular complexity index is 146. The van der Waals surface area contributed by atoms with Crippen molar-refractivity contribution < 1.29 is 13.3 Å². The number of alkyl halides is 2. The van der Waals surface area contributed by atoms with Crippen molar-refractivity contribution in [2.75, 3.05) is 12.3 Å². The fourth-order valence-electron chi connectivity index (χ4n) is 0.779. The molecule has 0 aliphatic rings. The van der Waals surface area contributed by atoms with Gasteiger partial charge in [0.05, 0.1) is 0 Å². The van der Waals surface area contributed by atoms with E-state index >= 15 is 0 Å². The van der Waals surface area contributed by atoms with Crippen LogP contribution in [0, 0.1) is 0 Å². The summed E-state index contributed by atoms with van der Waals surface area (Å²) in [4.78, 5) is 0. The molecule has 0 aromatic carbocycles. The molecule has 0 bridgehead atoms. The zero-order valence-corrected chi connectivity index (χ0v) is 7.42. The summed E-state index contributed by atoms with van der Waals surface area (Å²) in [6, 6.07) is 0. The average Bonchev–Trinajstić information content (AvgIpc) is 1.84. The molecule has 0 aliphatic heterocycles. The van der Waals surface area contributed by atoms with Crippen LogP contribution in [0.15, 0.2) is 0 Å². The van der Waals surface area contributed by atoms with Crippen molar-refractivity contribution in [2.45, 2.75) is 18.2 Å². The van der Waals surface area contributed by atoms with E-state index in [0.717, 1.165) is 17.7 Å². The average molecular weight is 162 g/mol. The van der Waals surface area contributed by atoms with E-state index in [0.29, 0.717) is 0 Å². The van der Waals surface area contributed by atoms with E-state index < -0.39 is 11.5 Å². The molecule has 0 aromatic rings. The molecule has 56 valence electrons. The topological polar surface area (TPSA) is 17.1 Å². The Morgan fingerprint density at radius 3 is 1.70 bits per heavy atom. The predicted octanol–water partition coefficient (Wildman–Crippen LogP) is 2.11. The summed E-state index contributed by atoms with van der Waals surface area (Å²) in [5.41, 5.74) is 0. The van der Waals surface area contributed by atoms with E-state index in [1.807, 2.05) is 0 Å². The minimum atomic E-state index is -3.20. The molecule has 0 saturated heterocycles. The standard InChI is InChI=1S/C5H10F2OP.Li/c1-3-9(8,4-2)5(6)7;/h3-4H2,1-2H3;. The minimum absolute atomic E-state index is 0.0903. The van der Waals surface area contributed by atoms with Gasteiger partial charge in [-0.2, -0.15) is 0 Å². The summed E-state index contributed by atoms with van der Waals surface area (Å²) < 4.78 is 33.2. The van der Waals surface area contributed by atoms with Crippen LogP contribution in [0.1, 0.15) is 13.8 Å². The summed E-state index contributed by atoms with van der Waals surface area (Å²) in [5.74, 6) is 0. The van der Waals surface area contributed by atoms with Gasteiger partial charge in [0.15, 0.2) is 0 Å². The SMILES string of the molecule is [Li][C](F)(F)P(=O)(CC)CC. The summed E-state index contributed by atoms with van der Waals surface area (Å²) in [7, 11) is -3.20. The van der Waals surface area contributed by atoms with Gasteiger partial charge in [0, 0.05) is 0 Å². The molecule has 5 heteroatoms. The van der Waals surface area contributed by atoms with Gasteiger partial charge in [-0.3, -0.25) is 0 Å². The van der Waals surface area contributed by atoms with Crippen molar-refractivity contribution in [1.82, 2.24) is 0 Å². The third-order valence-corrected chi connectivity index (χ3v) is 5.21. The van der Waals surface area contributed by atoms with Gasteiger partial charge >= 0.3 is 68.7 Å². The van der Waals surface area contributed by atoms with E-state index in [4.69, 9.17) is 0 Å². The van der Waals surface area contributed by atoms with E-state index in [1.54, 1.807) is 13.8 Å². The first-order valence-corrected chi connectivity index (χ1v) is 5.41. The molecule has 0 rings (SSSR count). The van der Waals surface area contributed by atoms with E-state index in [2.05, 4.69) is 0 Å². The van der Waals surface area contributed by atoms with Crippen LogP contribution in [-0.2, 0) is 4.57 Å². The van der Waals surface area contributed by atoms with Gasteiger partial charge in [0.2, 0.25) is 0 Å². The van der Waals surface area contributed by atoms with E-state index in [9.17, 15) is 13.3 Å². The Morgan fingerprint density at radius 1 is 1.40 bits per heavy atom. The van der Waals surface area contributed by atoms with Crippen molar-refractivity contribution >= 4 is 24.9 Å². The summed E-state index contributed by atoms with van der Waals surface area (Å²) >= 11 is 0.737. The van der Waals surface area contributed by atoms with Crippen LogP contribution in [0.3, 0.4) is 0 Å². The third kappa shape index (κ3) is 2.09. The van der Waals surface area contributed by atoms with E-state index in [1.165, 1.54) is 0 Å². The van der Waals surface area contributed by atoms with Crippen LogP contribution < -0.4 is 0 Å². The van der Waals surface area contributed by atoms with Gasteiger partial charge in [-0.15, -0.1) is 0 Å². The molecule has 0 aliphatic carbocycles. The molecule has 0 amide bonds. The monoisotopic (exact) mass is 162 g/mol. The van der Waals surface area contributed by atoms with E-state index in [-0.39, 0.29) is 12.3 Å². The van der Waals surface area contributed by atoms with Gasteiger partial charge in [-0.25, -0.2) is 0 Å². The Balaban J connectivity index is 4.51. The van der Waals surface area contributed by atoms with Crippen LogP contribution in [0.5, 0.6) is 0 Å². The second-order valence-electron chi connectivity index (χ2n) is 2.36. The van der Waals surface area contributed by atoms with Crippen LogP contribution in [0.25, 0.3) is 0 Å². The molecule has 0 radical (unpaired) electrons. The third-order valence-electron chi connectivity index (χ3n) is 1.74. The Hall–Kier alpha value is 0.687. The fourth-order valence-corrected chi connectivity index (χ4v) is 2.34. The molecule has 0 aromatic heterocycles. The van der Waals surface area contributed by atoms with Crippen molar-refractivity contribution in [3.05, 3.63) is 0 Å². The van der Waals surface area contributed by atoms with Crippen molar-refractivity contribution in [3.63, 3.8) is 0 Å². The van der Waals surface area contributed by atoms with Crippen molar-refractivity contribution in [3.8, 4) is 0 Å². The van der Waals surface area contributed by atoms with Gasteiger partial charge in [0.1, 0.15) is 0 Å². The first-order valence-electron chi connectivity index (χ1n) is 3.33. The summed E-state index contributed by atoms with van der Waals surface area (Å²) in [6.45, 7) is 3.09. The van der Waals surface area contributed by atoms with Gasteiger partial charge in [-0.05, 0) is 0 Å². The van der Waals surface area contributed by atoms with Crippen LogP contribution >= 0.6 is 7.14 Å². The predicted molar refractivity (Wildman–Crippen MR) is 39.4 cm³/mol. The summed E-state index contributed by atoms with van der Waals surface area (Å²) in [5, 5.41) is 0. The molecular formula is C5H10F2LiOP. The first kappa shape index (κ1) is 10.7. The molecular weight excluding hydrogens is 152 g/mol. The van der Waals surface area contributed by atoms with Gasteiger partial charge in [0.25, 0.3) is 0 Å². The molecule has 0 atom stereocenters. The van der Waals surface area contributed by atoms with Crippen molar-refractivity contribution in [2.24, 2.45) is 0 Å². The Kier molecular flexibility index (Phi) is 3.62. The van der Waals surface area contributed by atoms with Gasteiger partial charge in [-0.1, -0.05) is 0 Å². The Labute approximate surface area is 69.1 Å². The number of hydrogen-bond acceptors (Lipinski definition) is 1. The molecule has 0 unspecified atom stereocenters. The second-order valence-corrected chi connectivity index (χ2v) is 6.19. The maximum atomic E-state index is 12.5. The van der Waals surface area contributed by atoms with Crippen LogP contribution in [0.2, 0.25) is 0 Å². The zero-order valence-electron chi connectivity index (χ0n) is 6.53. The van der Waals surface area contributed by atoms with Crippen LogP contribution in [0.4, 0.5) is 8.78 Å². The number of hydrogen-bond donors (Lipinski definition) is 0. The number of halogens is 2. The number of rotatable bonds is 3. The molecule has 1 nitrogen and oxygen atoms in total. The summed E-state index contributed by atoms with van der Waals surface area (Å²) in [6.07, 6.45) is 0.181.